The molecule has 10 heteroatoms. The van der Waals surface area contributed by atoms with Crippen LogP contribution in [0.15, 0.2) is 52.2 Å². The summed E-state index contributed by atoms with van der Waals surface area (Å²) in [6.07, 6.45) is 1.63. The van der Waals surface area contributed by atoms with Crippen LogP contribution >= 0.6 is 11.8 Å². The molecule has 0 saturated heterocycles. The number of aromatic nitrogens is 5. The van der Waals surface area contributed by atoms with Gasteiger partial charge in [-0.25, -0.2) is 0 Å². The topological polar surface area (TPSA) is 100 Å². The van der Waals surface area contributed by atoms with E-state index in [4.69, 9.17) is 9.15 Å². The molecule has 1 N–H and O–H groups in total. The number of aryl methyl sites for hydroxylation is 2. The van der Waals surface area contributed by atoms with Gasteiger partial charge in [0.25, 0.3) is 0 Å². The minimum absolute atomic E-state index is 0.130. The van der Waals surface area contributed by atoms with Gasteiger partial charge in [-0.1, -0.05) is 23.9 Å². The van der Waals surface area contributed by atoms with Crippen LogP contribution in [0.1, 0.15) is 24.1 Å². The van der Waals surface area contributed by atoms with Crippen LogP contribution in [-0.2, 0) is 18.4 Å². The number of thioether (sulfide) groups is 1. The average Bonchev–Trinajstić information content (AvgIpc) is 3.52. The number of rotatable bonds is 8. The van der Waals surface area contributed by atoms with Crippen LogP contribution in [0.4, 0.5) is 5.69 Å². The lowest BCUT2D eigenvalue weighted by molar-refractivity contribution is -0.115. The molecule has 1 unspecified atom stereocenters. The van der Waals surface area contributed by atoms with Crippen LogP contribution < -0.4 is 10.1 Å². The second kappa shape index (κ2) is 9.53. The maximum Gasteiger partial charge on any atom is 0.237 e. The summed E-state index contributed by atoms with van der Waals surface area (Å²) in [4.78, 5) is 13.0. The average molecular weight is 467 g/mol. The molecular weight excluding hydrogens is 440 g/mol. The molecular formula is C23H26N6O3S. The van der Waals surface area contributed by atoms with Gasteiger partial charge in [0.15, 0.2) is 11.0 Å². The number of ether oxygens (including phenoxy) is 1. The van der Waals surface area contributed by atoms with E-state index in [9.17, 15) is 4.79 Å². The zero-order valence-electron chi connectivity index (χ0n) is 19.2. The van der Waals surface area contributed by atoms with Crippen LogP contribution in [0.5, 0.6) is 5.75 Å². The minimum atomic E-state index is -0.415. The van der Waals surface area contributed by atoms with E-state index in [1.807, 2.05) is 68.8 Å². The smallest absolute Gasteiger partial charge is 0.237 e. The number of benzene rings is 1. The van der Waals surface area contributed by atoms with Gasteiger partial charge in [-0.2, -0.15) is 5.10 Å². The third kappa shape index (κ3) is 4.80. The van der Waals surface area contributed by atoms with Crippen molar-refractivity contribution in [3.63, 3.8) is 0 Å². The van der Waals surface area contributed by atoms with E-state index in [2.05, 4.69) is 20.6 Å². The minimum Gasteiger partial charge on any atom is -0.497 e. The summed E-state index contributed by atoms with van der Waals surface area (Å²) >= 11 is 1.34. The molecule has 0 aliphatic heterocycles. The molecule has 0 spiro atoms. The second-order valence-electron chi connectivity index (χ2n) is 7.62. The van der Waals surface area contributed by atoms with Gasteiger partial charge < -0.3 is 14.5 Å². The lowest BCUT2D eigenvalue weighted by Crippen LogP contribution is -2.23. The van der Waals surface area contributed by atoms with Crippen molar-refractivity contribution in [2.24, 2.45) is 7.05 Å². The molecule has 0 aliphatic rings. The summed E-state index contributed by atoms with van der Waals surface area (Å²) < 4.78 is 14.6. The van der Waals surface area contributed by atoms with Crippen molar-refractivity contribution < 1.29 is 13.9 Å². The molecule has 0 aliphatic carbocycles. The third-order valence-corrected chi connectivity index (χ3v) is 6.43. The van der Waals surface area contributed by atoms with Crippen LogP contribution in [-0.4, -0.2) is 42.8 Å². The number of nitrogens with one attached hydrogen (secondary N) is 1. The highest BCUT2D eigenvalue weighted by atomic mass is 32.2. The number of amides is 1. The van der Waals surface area contributed by atoms with Crippen molar-refractivity contribution in [1.82, 2.24) is 24.5 Å². The number of carbonyl (C=O) groups is 1. The highest BCUT2D eigenvalue weighted by Crippen LogP contribution is 2.30. The number of hydrogen-bond donors (Lipinski definition) is 1. The molecule has 1 amide bonds. The maximum atomic E-state index is 13.0. The van der Waals surface area contributed by atoms with Crippen LogP contribution in [0.3, 0.4) is 0 Å². The van der Waals surface area contributed by atoms with Gasteiger partial charge in [0.2, 0.25) is 5.91 Å². The van der Waals surface area contributed by atoms with Crippen molar-refractivity contribution >= 4 is 23.4 Å². The Morgan fingerprint density at radius 2 is 2.06 bits per heavy atom. The fourth-order valence-electron chi connectivity index (χ4n) is 3.44. The molecule has 3 aromatic heterocycles. The molecule has 3 heterocycles. The number of methoxy groups -OCH3 is 1. The van der Waals surface area contributed by atoms with Gasteiger partial charge in [0, 0.05) is 12.6 Å². The van der Waals surface area contributed by atoms with Crippen LogP contribution in [0.2, 0.25) is 0 Å². The van der Waals surface area contributed by atoms with E-state index in [1.165, 1.54) is 11.8 Å². The fourth-order valence-corrected chi connectivity index (χ4v) is 4.29. The summed E-state index contributed by atoms with van der Waals surface area (Å²) in [5, 5.41) is 16.4. The van der Waals surface area contributed by atoms with Crippen molar-refractivity contribution in [1.29, 1.82) is 0 Å². The van der Waals surface area contributed by atoms with Crippen LogP contribution in [0.25, 0.3) is 11.4 Å². The summed E-state index contributed by atoms with van der Waals surface area (Å²) in [6.45, 7) is 6.08. The first kappa shape index (κ1) is 22.7. The highest BCUT2D eigenvalue weighted by molar-refractivity contribution is 8.00. The predicted molar refractivity (Wildman–Crippen MR) is 126 cm³/mol. The van der Waals surface area contributed by atoms with Crippen molar-refractivity contribution in [2.75, 3.05) is 12.4 Å². The summed E-state index contributed by atoms with van der Waals surface area (Å²) in [5.41, 5.74) is 3.28. The van der Waals surface area contributed by atoms with Gasteiger partial charge in [0.05, 0.1) is 42.2 Å². The monoisotopic (exact) mass is 466 g/mol. The Kier molecular flexibility index (Phi) is 6.55. The molecule has 1 aromatic carbocycles. The van der Waals surface area contributed by atoms with Crippen molar-refractivity contribution in [3.05, 3.63) is 59.8 Å². The molecule has 0 saturated carbocycles. The zero-order chi connectivity index (χ0) is 23.5. The molecule has 4 aromatic rings. The first-order valence-corrected chi connectivity index (χ1v) is 11.3. The summed E-state index contributed by atoms with van der Waals surface area (Å²) in [5.74, 6) is 2.03. The number of carbonyl (C=O) groups excluding carboxylic acids is 1. The van der Waals surface area contributed by atoms with E-state index < -0.39 is 5.25 Å². The number of hydrogen-bond acceptors (Lipinski definition) is 7. The summed E-state index contributed by atoms with van der Waals surface area (Å²) in [6, 6.07) is 11.4. The predicted octanol–water partition coefficient (Wildman–Crippen LogP) is 4.06. The molecule has 0 bridgehead atoms. The number of furan rings is 1. The van der Waals surface area contributed by atoms with E-state index >= 15 is 0 Å². The van der Waals surface area contributed by atoms with E-state index in [-0.39, 0.29) is 5.91 Å². The molecule has 1 atom stereocenters. The Hall–Kier alpha value is -3.53. The lowest BCUT2D eigenvalue weighted by atomic mass is 10.2. The molecule has 33 heavy (non-hydrogen) atoms. The molecule has 0 fully saturated rings. The van der Waals surface area contributed by atoms with Crippen molar-refractivity contribution in [2.45, 2.75) is 37.7 Å². The quantitative estimate of drug-likeness (QED) is 0.391. The van der Waals surface area contributed by atoms with Gasteiger partial charge in [-0.15, -0.1) is 10.2 Å². The van der Waals surface area contributed by atoms with Gasteiger partial charge in [0.1, 0.15) is 11.5 Å². The summed E-state index contributed by atoms with van der Waals surface area (Å²) in [7, 11) is 3.48. The first-order chi connectivity index (χ1) is 15.9. The van der Waals surface area contributed by atoms with Gasteiger partial charge in [-0.3, -0.25) is 14.0 Å². The molecule has 4 rings (SSSR count). The lowest BCUT2D eigenvalue weighted by Gasteiger charge is -2.14. The molecule has 172 valence electrons. The highest BCUT2D eigenvalue weighted by Gasteiger charge is 2.23. The van der Waals surface area contributed by atoms with E-state index in [0.29, 0.717) is 17.5 Å². The van der Waals surface area contributed by atoms with Gasteiger partial charge >= 0.3 is 0 Å². The normalized spacial score (nSPS) is 12.0. The Balaban J connectivity index is 1.61. The fraction of sp³-hybridized carbons (Fsp3) is 0.304. The third-order valence-electron chi connectivity index (χ3n) is 5.35. The number of nitrogens with zero attached hydrogens (tertiary/aromatic N) is 5. The molecule has 9 nitrogen and oxygen atoms in total. The first-order valence-electron chi connectivity index (χ1n) is 10.4. The van der Waals surface area contributed by atoms with Gasteiger partial charge in [-0.05, 0) is 45.0 Å². The Morgan fingerprint density at radius 1 is 1.24 bits per heavy atom. The van der Waals surface area contributed by atoms with E-state index in [0.717, 1.165) is 34.1 Å². The standard InChI is InChI=1S/C23H26N6O3S/c1-14-20(15(2)28(4)27-14)24-22(30)16(3)33-23-26-25-21(17-8-6-9-18(12-17)31-5)29(23)13-19-10-7-11-32-19/h6-12,16H,13H2,1-5H3,(H,24,30). The van der Waals surface area contributed by atoms with Crippen LogP contribution in [0, 0.1) is 13.8 Å². The number of anilines is 1. The Labute approximate surface area is 196 Å². The Bertz CT molecular complexity index is 1260. The maximum absolute atomic E-state index is 13.0. The zero-order valence-corrected chi connectivity index (χ0v) is 20.0. The molecule has 0 radical (unpaired) electrons. The second-order valence-corrected chi connectivity index (χ2v) is 8.93. The largest absolute Gasteiger partial charge is 0.497 e. The van der Waals surface area contributed by atoms with Crippen molar-refractivity contribution in [3.8, 4) is 17.1 Å². The SMILES string of the molecule is COc1cccc(-c2nnc(SC(C)C(=O)Nc3c(C)nn(C)c3C)n2Cc2ccco2)c1. The Morgan fingerprint density at radius 3 is 2.73 bits per heavy atom. The van der Waals surface area contributed by atoms with E-state index in [1.54, 1.807) is 18.1 Å².